The second-order valence-electron chi connectivity index (χ2n) is 10.6. The molecule has 0 aliphatic heterocycles. The van der Waals surface area contributed by atoms with Crippen molar-refractivity contribution in [3.8, 4) is 17.1 Å². The van der Waals surface area contributed by atoms with Gasteiger partial charge in [0.05, 0.1) is 30.8 Å². The number of unbranched alkanes of at least 4 members (excludes halogenated alkanes) is 2. The highest BCUT2D eigenvalue weighted by Gasteiger charge is 2.32. The van der Waals surface area contributed by atoms with Gasteiger partial charge in [-0.15, -0.1) is 0 Å². The summed E-state index contributed by atoms with van der Waals surface area (Å²) in [7, 11) is 0. The van der Waals surface area contributed by atoms with Crippen molar-refractivity contribution in [3.05, 3.63) is 77.0 Å². The molecule has 0 bridgehead atoms. The fourth-order valence-corrected chi connectivity index (χ4v) is 5.13. The van der Waals surface area contributed by atoms with Crippen molar-refractivity contribution in [1.82, 2.24) is 15.7 Å². The van der Waals surface area contributed by atoms with Gasteiger partial charge in [0.25, 0.3) is 5.91 Å². The van der Waals surface area contributed by atoms with E-state index >= 15 is 0 Å². The molecule has 0 fully saturated rings. The maximum Gasteiger partial charge on any atom is 0.336 e. The summed E-state index contributed by atoms with van der Waals surface area (Å²) in [6.07, 6.45) is 4.36. The summed E-state index contributed by atoms with van der Waals surface area (Å²) in [5, 5.41) is 16.3. The molecule has 3 rings (SSSR count). The largest absolute Gasteiger partial charge is 0.494 e. The van der Waals surface area contributed by atoms with Crippen LogP contribution in [0.4, 0.5) is 0 Å². The minimum Gasteiger partial charge on any atom is -0.494 e. The fraction of sp³-hybridized carbons (Fsp3) is 0.412. The summed E-state index contributed by atoms with van der Waals surface area (Å²) in [5.74, 6) is -1.86. The van der Waals surface area contributed by atoms with Crippen LogP contribution in [0.2, 0.25) is 0 Å². The average molecular weight is 622 g/mol. The lowest BCUT2D eigenvalue weighted by Crippen LogP contribution is -2.48. The Labute approximate surface area is 263 Å². The van der Waals surface area contributed by atoms with Crippen LogP contribution in [0.25, 0.3) is 11.3 Å². The van der Waals surface area contributed by atoms with Crippen molar-refractivity contribution < 1.29 is 38.3 Å². The molecule has 2 aromatic carbocycles. The first-order valence-corrected chi connectivity index (χ1v) is 15.3. The van der Waals surface area contributed by atoms with E-state index in [9.17, 15) is 24.3 Å². The summed E-state index contributed by atoms with van der Waals surface area (Å²) in [6, 6.07) is 15.1. The average Bonchev–Trinajstić information content (AvgIpc) is 3.53. The molecular formula is C34H43N3O8. The number of aromatic carboxylic acids is 1. The van der Waals surface area contributed by atoms with Gasteiger partial charge >= 0.3 is 5.97 Å². The van der Waals surface area contributed by atoms with Gasteiger partial charge in [-0.25, -0.2) is 9.86 Å². The smallest absolute Gasteiger partial charge is 0.336 e. The first-order chi connectivity index (χ1) is 21.7. The predicted molar refractivity (Wildman–Crippen MR) is 168 cm³/mol. The quantitative estimate of drug-likeness (QED) is 0.0666. The minimum absolute atomic E-state index is 0.00953. The van der Waals surface area contributed by atoms with Crippen LogP contribution in [-0.4, -0.2) is 53.7 Å². The van der Waals surface area contributed by atoms with Crippen molar-refractivity contribution in [3.63, 3.8) is 0 Å². The Bertz CT molecular complexity index is 1420. The normalized spacial score (nSPS) is 12.2. The van der Waals surface area contributed by atoms with Gasteiger partial charge in [0.1, 0.15) is 18.1 Å². The first-order valence-electron chi connectivity index (χ1n) is 15.3. The van der Waals surface area contributed by atoms with Crippen LogP contribution in [-0.2, 0) is 21.0 Å². The molecule has 0 radical (unpaired) electrons. The van der Waals surface area contributed by atoms with Crippen LogP contribution in [0, 0.1) is 12.8 Å². The number of furan rings is 1. The summed E-state index contributed by atoms with van der Waals surface area (Å²) < 4.78 is 11.3. The zero-order chi connectivity index (χ0) is 32.8. The van der Waals surface area contributed by atoms with Gasteiger partial charge in [-0.3, -0.25) is 19.2 Å². The Morgan fingerprint density at radius 2 is 1.78 bits per heavy atom. The van der Waals surface area contributed by atoms with E-state index in [0.717, 1.165) is 24.8 Å². The molecule has 0 aliphatic rings. The number of amides is 3. The molecule has 0 unspecified atom stereocenters. The maximum atomic E-state index is 13.4. The molecule has 242 valence electrons. The van der Waals surface area contributed by atoms with E-state index in [1.54, 1.807) is 26.0 Å². The molecule has 1 heterocycles. The van der Waals surface area contributed by atoms with Crippen molar-refractivity contribution in [2.45, 2.75) is 72.4 Å². The first kappa shape index (κ1) is 34.8. The van der Waals surface area contributed by atoms with E-state index in [4.69, 9.17) is 14.0 Å². The van der Waals surface area contributed by atoms with Crippen molar-refractivity contribution in [1.29, 1.82) is 0 Å². The molecule has 11 nitrogen and oxygen atoms in total. The highest BCUT2D eigenvalue weighted by atomic mass is 16.7. The summed E-state index contributed by atoms with van der Waals surface area (Å²) >= 11 is 0. The third-order valence-corrected chi connectivity index (χ3v) is 7.52. The number of rotatable bonds is 19. The number of nitrogens with zero attached hydrogens (tertiary/aromatic N) is 1. The molecule has 2 atom stereocenters. The van der Waals surface area contributed by atoms with Gasteiger partial charge in [-0.2, -0.15) is 0 Å². The molecule has 3 aromatic rings. The molecule has 3 amide bonds. The highest BCUT2D eigenvalue weighted by Crippen LogP contribution is 2.32. The summed E-state index contributed by atoms with van der Waals surface area (Å²) in [5.41, 5.74) is 1.92. The van der Waals surface area contributed by atoms with E-state index in [2.05, 4.69) is 17.6 Å². The summed E-state index contributed by atoms with van der Waals surface area (Å²) in [6.45, 7) is 7.80. The lowest BCUT2D eigenvalue weighted by atomic mass is 9.90. The third-order valence-electron chi connectivity index (χ3n) is 7.52. The fourth-order valence-electron chi connectivity index (χ4n) is 5.13. The Morgan fingerprint density at radius 3 is 2.42 bits per heavy atom. The molecule has 3 N–H and O–H groups in total. The number of carboxylic acids is 1. The van der Waals surface area contributed by atoms with Crippen LogP contribution in [0.5, 0.6) is 5.75 Å². The van der Waals surface area contributed by atoms with Gasteiger partial charge in [0.15, 0.2) is 5.76 Å². The van der Waals surface area contributed by atoms with E-state index in [0.29, 0.717) is 48.5 Å². The molecule has 0 saturated carbocycles. The van der Waals surface area contributed by atoms with Crippen LogP contribution >= 0.6 is 0 Å². The van der Waals surface area contributed by atoms with E-state index in [1.807, 2.05) is 37.3 Å². The number of carboxylic acid groups (broad SMARTS) is 1. The molecule has 11 heteroatoms. The van der Waals surface area contributed by atoms with Crippen LogP contribution in [0.1, 0.15) is 84.9 Å². The molecule has 0 spiro atoms. The number of nitrogens with one attached hydrogen (secondary N) is 2. The standard InChI is InChI=1S/C34H43N3O8/c1-5-8-10-15-26(29(6-2)37(22-38)44-20-24-13-11-9-12-14-24)32(39)35-21-36-33(40)31-17-16-30(45-31)27-18-25(43-7-3)19-28(23(27)4)34(41)42/h9,11-14,16-19,22,26,29H,5-8,10,15,20-21H2,1-4H3,(H,35,39)(H,36,40)(H,41,42)/t26-,29-/m1/s1. The zero-order valence-electron chi connectivity index (χ0n) is 26.3. The van der Waals surface area contributed by atoms with Gasteiger partial charge in [-0.05, 0) is 62.1 Å². The number of ether oxygens (including phenoxy) is 1. The van der Waals surface area contributed by atoms with Gasteiger partial charge in [0.2, 0.25) is 12.3 Å². The van der Waals surface area contributed by atoms with Crippen molar-refractivity contribution >= 4 is 24.2 Å². The summed E-state index contributed by atoms with van der Waals surface area (Å²) in [4.78, 5) is 55.9. The minimum atomic E-state index is -1.10. The van der Waals surface area contributed by atoms with E-state index in [1.165, 1.54) is 17.2 Å². The Balaban J connectivity index is 1.67. The Hall–Kier alpha value is -4.64. The lowest BCUT2D eigenvalue weighted by Gasteiger charge is -2.32. The number of hydrogen-bond donors (Lipinski definition) is 3. The number of hydrogen-bond acceptors (Lipinski definition) is 7. The van der Waals surface area contributed by atoms with Crippen LogP contribution in [0.3, 0.4) is 0 Å². The Morgan fingerprint density at radius 1 is 1.02 bits per heavy atom. The molecule has 1 aromatic heterocycles. The van der Waals surface area contributed by atoms with Crippen molar-refractivity contribution in [2.24, 2.45) is 5.92 Å². The number of benzene rings is 2. The molecule has 0 saturated heterocycles. The topological polar surface area (TPSA) is 147 Å². The van der Waals surface area contributed by atoms with Gasteiger partial charge < -0.3 is 24.9 Å². The van der Waals surface area contributed by atoms with E-state index < -0.39 is 23.8 Å². The van der Waals surface area contributed by atoms with Crippen molar-refractivity contribution in [2.75, 3.05) is 13.3 Å². The Kier molecular flexibility index (Phi) is 13.6. The maximum absolute atomic E-state index is 13.4. The zero-order valence-corrected chi connectivity index (χ0v) is 26.3. The highest BCUT2D eigenvalue weighted by molar-refractivity contribution is 5.94. The predicted octanol–water partition coefficient (Wildman–Crippen LogP) is 5.72. The van der Waals surface area contributed by atoms with Crippen LogP contribution < -0.4 is 15.4 Å². The SMILES string of the molecule is CCCCC[C@@H](C(=O)NCNC(=O)c1ccc(-c2cc(OCC)cc(C(=O)O)c2C)o1)[C@@H](CC)N(C=O)OCc1ccccc1. The van der Waals surface area contributed by atoms with E-state index in [-0.39, 0.29) is 30.5 Å². The second kappa shape index (κ2) is 17.6. The number of carbonyl (C=O) groups excluding carboxylic acids is 3. The van der Waals surface area contributed by atoms with Gasteiger partial charge in [0, 0.05) is 5.56 Å². The molecule has 45 heavy (non-hydrogen) atoms. The second-order valence-corrected chi connectivity index (χ2v) is 10.6. The van der Waals surface area contributed by atoms with Gasteiger partial charge in [-0.1, -0.05) is 63.4 Å². The molecular weight excluding hydrogens is 578 g/mol. The number of carbonyl (C=O) groups is 4. The van der Waals surface area contributed by atoms with Crippen LogP contribution in [0.15, 0.2) is 59.0 Å². The lowest BCUT2D eigenvalue weighted by molar-refractivity contribution is -0.200. The molecule has 0 aliphatic carbocycles. The third kappa shape index (κ3) is 9.67. The monoisotopic (exact) mass is 621 g/mol. The number of hydroxylamine groups is 2.